The fourth-order valence-electron chi connectivity index (χ4n) is 2.22. The highest BCUT2D eigenvalue weighted by Crippen LogP contribution is 2.28. The highest BCUT2D eigenvalue weighted by atomic mass is 16.5. The standard InChI is InChI=1S/C19H24N2O3/c1-4-11-23-18-16(9-6-10-17(18)20)19(22)21-14-7-5-8-15(12-14)24-13(2)3/h5-10,12-13H,4,11,20H2,1-3H3,(H,21,22). The third kappa shape index (κ3) is 4.65. The number of amides is 1. The maximum absolute atomic E-state index is 12.6. The Morgan fingerprint density at radius 2 is 1.96 bits per heavy atom. The number of hydrogen-bond donors (Lipinski definition) is 2. The number of anilines is 2. The summed E-state index contributed by atoms with van der Waals surface area (Å²) in [6, 6.07) is 12.4. The first-order valence-corrected chi connectivity index (χ1v) is 8.10. The first-order valence-electron chi connectivity index (χ1n) is 8.10. The van der Waals surface area contributed by atoms with Crippen molar-refractivity contribution in [3.8, 4) is 11.5 Å². The number of nitrogen functional groups attached to an aromatic ring is 1. The predicted octanol–water partition coefficient (Wildman–Crippen LogP) is 4.10. The highest BCUT2D eigenvalue weighted by Gasteiger charge is 2.15. The second kappa shape index (κ2) is 8.24. The Balaban J connectivity index is 2.19. The molecule has 0 unspecified atom stereocenters. The Morgan fingerprint density at radius 3 is 2.67 bits per heavy atom. The SMILES string of the molecule is CCCOc1c(N)cccc1C(=O)Nc1cccc(OC(C)C)c1. The van der Waals surface area contributed by atoms with Crippen LogP contribution in [0.25, 0.3) is 0 Å². The lowest BCUT2D eigenvalue weighted by molar-refractivity contribution is 0.102. The van der Waals surface area contributed by atoms with Gasteiger partial charge in [0.15, 0.2) is 5.75 Å². The van der Waals surface area contributed by atoms with Crippen LogP contribution in [0.2, 0.25) is 0 Å². The first-order chi connectivity index (χ1) is 11.5. The number of nitrogens with one attached hydrogen (secondary N) is 1. The molecule has 2 aromatic rings. The molecule has 0 aliphatic heterocycles. The van der Waals surface area contributed by atoms with Gasteiger partial charge in [0, 0.05) is 11.8 Å². The lowest BCUT2D eigenvalue weighted by Crippen LogP contribution is -2.15. The number of carbonyl (C=O) groups is 1. The van der Waals surface area contributed by atoms with E-state index in [1.165, 1.54) is 0 Å². The maximum Gasteiger partial charge on any atom is 0.259 e. The minimum absolute atomic E-state index is 0.0684. The van der Waals surface area contributed by atoms with Crippen molar-refractivity contribution in [2.45, 2.75) is 33.3 Å². The minimum Gasteiger partial charge on any atom is -0.491 e. The van der Waals surface area contributed by atoms with Crippen LogP contribution in [0.1, 0.15) is 37.6 Å². The van der Waals surface area contributed by atoms with Crippen LogP contribution in [0.5, 0.6) is 11.5 Å². The number of hydrogen-bond acceptors (Lipinski definition) is 4. The topological polar surface area (TPSA) is 73.6 Å². The van der Waals surface area contributed by atoms with Gasteiger partial charge in [0.25, 0.3) is 5.91 Å². The summed E-state index contributed by atoms with van der Waals surface area (Å²) in [6.07, 6.45) is 0.906. The van der Waals surface area contributed by atoms with Gasteiger partial charge in [-0.1, -0.05) is 19.1 Å². The average molecular weight is 328 g/mol. The molecule has 0 atom stereocenters. The van der Waals surface area contributed by atoms with E-state index in [0.717, 1.165) is 6.42 Å². The minimum atomic E-state index is -0.268. The summed E-state index contributed by atoms with van der Waals surface area (Å²) in [5, 5.41) is 2.86. The summed E-state index contributed by atoms with van der Waals surface area (Å²) < 4.78 is 11.3. The van der Waals surface area contributed by atoms with Crippen LogP contribution in [0.3, 0.4) is 0 Å². The molecule has 0 saturated carbocycles. The van der Waals surface area contributed by atoms with E-state index in [0.29, 0.717) is 35.0 Å². The van der Waals surface area contributed by atoms with Gasteiger partial charge >= 0.3 is 0 Å². The molecule has 3 N–H and O–H groups in total. The summed E-state index contributed by atoms with van der Waals surface area (Å²) >= 11 is 0. The largest absolute Gasteiger partial charge is 0.491 e. The van der Waals surface area contributed by atoms with Gasteiger partial charge in [-0.05, 0) is 44.5 Å². The molecule has 0 spiro atoms. The Labute approximate surface area is 142 Å². The Morgan fingerprint density at radius 1 is 1.21 bits per heavy atom. The number of ether oxygens (including phenoxy) is 2. The van der Waals surface area contributed by atoms with Gasteiger partial charge in [-0.25, -0.2) is 0 Å². The van der Waals surface area contributed by atoms with E-state index >= 15 is 0 Å². The molecule has 0 aliphatic rings. The van der Waals surface area contributed by atoms with Gasteiger partial charge in [0.2, 0.25) is 0 Å². The van der Waals surface area contributed by atoms with E-state index < -0.39 is 0 Å². The van der Waals surface area contributed by atoms with E-state index in [1.807, 2.05) is 39.0 Å². The van der Waals surface area contributed by atoms with Gasteiger partial charge < -0.3 is 20.5 Å². The van der Waals surface area contributed by atoms with Crippen molar-refractivity contribution >= 4 is 17.3 Å². The van der Waals surface area contributed by atoms with Crippen molar-refractivity contribution in [2.24, 2.45) is 0 Å². The van der Waals surface area contributed by atoms with E-state index in [1.54, 1.807) is 24.3 Å². The Hall–Kier alpha value is -2.69. The quantitative estimate of drug-likeness (QED) is 0.751. The van der Waals surface area contributed by atoms with E-state index in [2.05, 4.69) is 5.32 Å². The van der Waals surface area contributed by atoms with Crippen LogP contribution in [-0.2, 0) is 0 Å². The van der Waals surface area contributed by atoms with Gasteiger partial charge in [-0.2, -0.15) is 0 Å². The van der Waals surface area contributed by atoms with Crippen molar-refractivity contribution in [2.75, 3.05) is 17.7 Å². The summed E-state index contributed by atoms with van der Waals surface area (Å²) in [5.74, 6) is 0.861. The number of carbonyl (C=O) groups excluding carboxylic acids is 1. The van der Waals surface area contributed by atoms with Gasteiger partial charge in [0.1, 0.15) is 5.75 Å². The van der Waals surface area contributed by atoms with Crippen LogP contribution < -0.4 is 20.5 Å². The molecule has 0 bridgehead atoms. The van der Waals surface area contributed by atoms with Crippen LogP contribution in [0, 0.1) is 0 Å². The van der Waals surface area contributed by atoms with E-state index in [4.69, 9.17) is 15.2 Å². The van der Waals surface area contributed by atoms with Gasteiger partial charge in [-0.15, -0.1) is 0 Å². The third-order valence-corrected chi connectivity index (χ3v) is 3.20. The van der Waals surface area contributed by atoms with Crippen molar-refractivity contribution in [3.63, 3.8) is 0 Å². The van der Waals surface area contributed by atoms with Crippen LogP contribution in [0.15, 0.2) is 42.5 Å². The molecule has 2 rings (SSSR count). The molecule has 128 valence electrons. The molecular formula is C19H24N2O3. The molecular weight excluding hydrogens is 304 g/mol. The predicted molar refractivity (Wildman–Crippen MR) is 96.8 cm³/mol. The highest BCUT2D eigenvalue weighted by molar-refractivity contribution is 6.07. The maximum atomic E-state index is 12.6. The van der Waals surface area contributed by atoms with E-state index in [9.17, 15) is 4.79 Å². The van der Waals surface area contributed by atoms with Crippen LogP contribution >= 0.6 is 0 Å². The van der Waals surface area contributed by atoms with Crippen molar-refractivity contribution in [3.05, 3.63) is 48.0 Å². The average Bonchev–Trinajstić information content (AvgIpc) is 2.53. The van der Waals surface area contributed by atoms with Crippen molar-refractivity contribution in [1.82, 2.24) is 0 Å². The summed E-state index contributed by atoms with van der Waals surface area (Å²) in [5.41, 5.74) is 7.47. The van der Waals surface area contributed by atoms with Gasteiger partial charge in [0.05, 0.1) is 24.0 Å². The summed E-state index contributed by atoms with van der Waals surface area (Å²) in [6.45, 7) is 6.41. The molecule has 5 nitrogen and oxygen atoms in total. The zero-order valence-corrected chi connectivity index (χ0v) is 14.3. The first kappa shape index (κ1) is 17.7. The fraction of sp³-hybridized carbons (Fsp3) is 0.316. The molecule has 1 amide bonds. The lowest BCUT2D eigenvalue weighted by atomic mass is 10.1. The van der Waals surface area contributed by atoms with E-state index in [-0.39, 0.29) is 12.0 Å². The zero-order chi connectivity index (χ0) is 17.5. The van der Waals surface area contributed by atoms with Crippen LogP contribution in [0.4, 0.5) is 11.4 Å². The number of benzene rings is 2. The number of nitrogens with two attached hydrogens (primary N) is 1. The van der Waals surface area contributed by atoms with Crippen molar-refractivity contribution in [1.29, 1.82) is 0 Å². The molecule has 24 heavy (non-hydrogen) atoms. The second-order valence-corrected chi connectivity index (χ2v) is 5.72. The monoisotopic (exact) mass is 328 g/mol. The molecule has 0 aliphatic carbocycles. The lowest BCUT2D eigenvalue weighted by Gasteiger charge is -2.14. The molecule has 0 radical (unpaired) electrons. The number of rotatable bonds is 7. The zero-order valence-electron chi connectivity index (χ0n) is 14.3. The Kier molecular flexibility index (Phi) is 6.07. The molecule has 0 fully saturated rings. The third-order valence-electron chi connectivity index (χ3n) is 3.20. The summed E-state index contributed by atoms with van der Waals surface area (Å²) in [4.78, 5) is 12.6. The summed E-state index contributed by atoms with van der Waals surface area (Å²) in [7, 11) is 0. The fourth-order valence-corrected chi connectivity index (χ4v) is 2.22. The second-order valence-electron chi connectivity index (χ2n) is 5.72. The van der Waals surface area contributed by atoms with Gasteiger partial charge in [-0.3, -0.25) is 4.79 Å². The van der Waals surface area contributed by atoms with Crippen LogP contribution in [-0.4, -0.2) is 18.6 Å². The smallest absolute Gasteiger partial charge is 0.259 e. The molecule has 2 aromatic carbocycles. The van der Waals surface area contributed by atoms with Crippen molar-refractivity contribution < 1.29 is 14.3 Å². The molecule has 5 heteroatoms. The Bertz CT molecular complexity index is 699. The normalized spacial score (nSPS) is 10.5. The molecule has 0 aromatic heterocycles. The number of para-hydroxylation sites is 1. The molecule has 0 saturated heterocycles. The molecule has 0 heterocycles.